The van der Waals surface area contributed by atoms with Gasteiger partial charge in [0.05, 0.1) is 25.7 Å². The number of piperidine rings is 1. The van der Waals surface area contributed by atoms with Crippen molar-refractivity contribution in [2.75, 3.05) is 45.9 Å². The minimum absolute atomic E-state index is 0.0665. The number of nitrogens with zero attached hydrogens (tertiary/aromatic N) is 4. The van der Waals surface area contributed by atoms with E-state index in [1.54, 1.807) is 0 Å². The fourth-order valence-electron chi connectivity index (χ4n) is 3.31. The Bertz CT molecular complexity index is 641. The van der Waals surface area contributed by atoms with Gasteiger partial charge in [-0.3, -0.25) is 14.5 Å². The van der Waals surface area contributed by atoms with Gasteiger partial charge in [-0.15, -0.1) is 0 Å². The first-order valence-corrected chi connectivity index (χ1v) is 9.71. The molecule has 2 amide bonds. The number of carbonyl (C=O) groups excluding carboxylic acids is 2. The quantitative estimate of drug-likeness (QED) is 0.731. The lowest BCUT2D eigenvalue weighted by Crippen LogP contribution is -2.49. The molecule has 1 aromatic heterocycles. The summed E-state index contributed by atoms with van der Waals surface area (Å²) in [6.45, 7) is 9.42. The van der Waals surface area contributed by atoms with Crippen molar-refractivity contribution >= 4 is 11.8 Å². The third-order valence-corrected chi connectivity index (χ3v) is 5.07. The van der Waals surface area contributed by atoms with Crippen molar-refractivity contribution in [2.24, 2.45) is 5.92 Å². The largest absolute Gasteiger partial charge is 0.379 e. The van der Waals surface area contributed by atoms with Crippen LogP contribution in [0, 0.1) is 5.92 Å². The minimum Gasteiger partial charge on any atom is -0.379 e. The standard InChI is InChI=1S/C18H29N5O4/c1-13(2)17-20-15(27-21-17)11-19-18(25)14-3-4-16(24)23(12-14)6-5-22-7-9-26-10-8-22/h13-14H,3-12H2,1-2H3,(H,19,25). The number of nitrogens with one attached hydrogen (secondary N) is 1. The number of morpholine rings is 1. The molecule has 2 aliphatic heterocycles. The summed E-state index contributed by atoms with van der Waals surface area (Å²) in [7, 11) is 0. The highest BCUT2D eigenvalue weighted by Crippen LogP contribution is 2.18. The number of likely N-dealkylation sites (tertiary alicyclic amines) is 1. The molecule has 1 N–H and O–H groups in total. The average molecular weight is 379 g/mol. The molecule has 27 heavy (non-hydrogen) atoms. The van der Waals surface area contributed by atoms with Crippen molar-refractivity contribution in [2.45, 2.75) is 39.2 Å². The Balaban J connectivity index is 1.45. The number of aromatic nitrogens is 2. The number of hydrogen-bond acceptors (Lipinski definition) is 7. The Morgan fingerprint density at radius 1 is 1.30 bits per heavy atom. The van der Waals surface area contributed by atoms with Crippen LogP contribution in [0.25, 0.3) is 0 Å². The maximum absolute atomic E-state index is 12.5. The third kappa shape index (κ3) is 5.49. The summed E-state index contributed by atoms with van der Waals surface area (Å²) in [5.74, 6) is 1.09. The fourth-order valence-corrected chi connectivity index (χ4v) is 3.31. The monoisotopic (exact) mass is 379 g/mol. The van der Waals surface area contributed by atoms with E-state index in [0.717, 1.165) is 32.8 Å². The first-order valence-electron chi connectivity index (χ1n) is 9.71. The van der Waals surface area contributed by atoms with Crippen LogP contribution in [-0.4, -0.2) is 77.7 Å². The number of carbonyl (C=O) groups is 2. The van der Waals surface area contributed by atoms with Crippen LogP contribution < -0.4 is 5.32 Å². The van der Waals surface area contributed by atoms with Crippen LogP contribution in [-0.2, 0) is 20.9 Å². The second-order valence-corrected chi connectivity index (χ2v) is 7.45. The Morgan fingerprint density at radius 2 is 2.07 bits per heavy atom. The van der Waals surface area contributed by atoms with Crippen LogP contribution >= 0.6 is 0 Å². The van der Waals surface area contributed by atoms with Gasteiger partial charge in [0.2, 0.25) is 17.7 Å². The van der Waals surface area contributed by atoms with Crippen LogP contribution in [0.2, 0.25) is 0 Å². The fraction of sp³-hybridized carbons (Fsp3) is 0.778. The molecule has 0 spiro atoms. The van der Waals surface area contributed by atoms with E-state index >= 15 is 0 Å². The highest BCUT2D eigenvalue weighted by Gasteiger charge is 2.30. The molecule has 0 bridgehead atoms. The molecule has 0 saturated carbocycles. The summed E-state index contributed by atoms with van der Waals surface area (Å²) in [5.41, 5.74) is 0. The molecule has 3 rings (SSSR count). The van der Waals surface area contributed by atoms with E-state index in [4.69, 9.17) is 9.26 Å². The minimum atomic E-state index is -0.195. The van der Waals surface area contributed by atoms with Gasteiger partial charge in [-0.25, -0.2) is 0 Å². The maximum atomic E-state index is 12.5. The lowest BCUT2D eigenvalue weighted by molar-refractivity contribution is -0.138. The van der Waals surface area contributed by atoms with E-state index in [0.29, 0.717) is 37.6 Å². The van der Waals surface area contributed by atoms with Crippen LogP contribution in [0.1, 0.15) is 44.3 Å². The van der Waals surface area contributed by atoms with Crippen molar-refractivity contribution < 1.29 is 18.8 Å². The summed E-state index contributed by atoms with van der Waals surface area (Å²) in [6, 6.07) is 0. The molecule has 0 aliphatic carbocycles. The molecule has 1 unspecified atom stereocenters. The number of amides is 2. The number of rotatable bonds is 7. The summed E-state index contributed by atoms with van der Waals surface area (Å²) in [5, 5.41) is 6.75. The first kappa shape index (κ1) is 19.8. The van der Waals surface area contributed by atoms with Gasteiger partial charge in [0.15, 0.2) is 5.82 Å². The maximum Gasteiger partial charge on any atom is 0.246 e. The van der Waals surface area contributed by atoms with Crippen LogP contribution in [0.15, 0.2) is 4.52 Å². The van der Waals surface area contributed by atoms with Crippen molar-refractivity contribution in [3.05, 3.63) is 11.7 Å². The summed E-state index contributed by atoms with van der Waals surface area (Å²) < 4.78 is 10.5. The van der Waals surface area contributed by atoms with Gasteiger partial charge in [-0.1, -0.05) is 19.0 Å². The van der Waals surface area contributed by atoms with Gasteiger partial charge >= 0.3 is 0 Å². The highest BCUT2D eigenvalue weighted by molar-refractivity contribution is 5.83. The molecule has 1 atom stereocenters. The second-order valence-electron chi connectivity index (χ2n) is 7.45. The van der Waals surface area contributed by atoms with Gasteiger partial charge in [-0.05, 0) is 6.42 Å². The number of ether oxygens (including phenoxy) is 1. The number of hydrogen-bond donors (Lipinski definition) is 1. The Labute approximate surface area is 159 Å². The predicted octanol–water partition coefficient (Wildman–Crippen LogP) is 0.380. The molecule has 9 heteroatoms. The third-order valence-electron chi connectivity index (χ3n) is 5.07. The van der Waals surface area contributed by atoms with Crippen molar-refractivity contribution in [1.29, 1.82) is 0 Å². The zero-order valence-electron chi connectivity index (χ0n) is 16.1. The Kier molecular flexibility index (Phi) is 6.78. The van der Waals surface area contributed by atoms with Crippen molar-refractivity contribution in [1.82, 2.24) is 25.3 Å². The van der Waals surface area contributed by atoms with Gasteiger partial charge < -0.3 is 19.5 Å². The lowest BCUT2D eigenvalue weighted by Gasteiger charge is -2.34. The topological polar surface area (TPSA) is 101 Å². The second kappa shape index (κ2) is 9.27. The van der Waals surface area contributed by atoms with E-state index in [1.165, 1.54) is 0 Å². The molecule has 1 aromatic rings. The summed E-state index contributed by atoms with van der Waals surface area (Å²) in [6.07, 6.45) is 0.999. The lowest BCUT2D eigenvalue weighted by atomic mass is 9.96. The van der Waals surface area contributed by atoms with Gasteiger partial charge in [0.25, 0.3) is 0 Å². The molecule has 2 fully saturated rings. The van der Waals surface area contributed by atoms with Crippen LogP contribution in [0.5, 0.6) is 0 Å². The molecule has 0 aromatic carbocycles. The molecule has 9 nitrogen and oxygen atoms in total. The Hall–Kier alpha value is -2.00. The molecule has 2 saturated heterocycles. The normalized spacial score (nSPS) is 21.7. The first-order chi connectivity index (χ1) is 13.0. The molecule has 3 heterocycles. The molecular formula is C18H29N5O4. The Morgan fingerprint density at radius 3 is 2.78 bits per heavy atom. The smallest absolute Gasteiger partial charge is 0.246 e. The molecule has 2 aliphatic rings. The molecule has 150 valence electrons. The average Bonchev–Trinajstić information content (AvgIpc) is 3.16. The van der Waals surface area contributed by atoms with Crippen molar-refractivity contribution in [3.63, 3.8) is 0 Å². The van der Waals surface area contributed by atoms with E-state index in [9.17, 15) is 9.59 Å². The molecule has 0 radical (unpaired) electrons. The van der Waals surface area contributed by atoms with Gasteiger partial charge in [-0.2, -0.15) is 4.98 Å². The summed E-state index contributed by atoms with van der Waals surface area (Å²) in [4.78, 5) is 33.1. The van der Waals surface area contributed by atoms with E-state index in [1.807, 2.05) is 18.7 Å². The SMILES string of the molecule is CC(C)c1noc(CNC(=O)C2CCC(=O)N(CCN3CCOCC3)C2)n1. The molecular weight excluding hydrogens is 350 g/mol. The summed E-state index contributed by atoms with van der Waals surface area (Å²) >= 11 is 0. The zero-order chi connectivity index (χ0) is 19.2. The van der Waals surface area contributed by atoms with E-state index in [-0.39, 0.29) is 30.2 Å². The van der Waals surface area contributed by atoms with Gasteiger partial charge in [0, 0.05) is 45.1 Å². The van der Waals surface area contributed by atoms with Crippen LogP contribution in [0.4, 0.5) is 0 Å². The zero-order valence-corrected chi connectivity index (χ0v) is 16.1. The van der Waals surface area contributed by atoms with Crippen molar-refractivity contribution in [3.8, 4) is 0 Å². The predicted molar refractivity (Wildman–Crippen MR) is 96.8 cm³/mol. The van der Waals surface area contributed by atoms with E-state index in [2.05, 4.69) is 20.4 Å². The van der Waals surface area contributed by atoms with Gasteiger partial charge in [0.1, 0.15) is 0 Å². The van der Waals surface area contributed by atoms with Crippen LogP contribution in [0.3, 0.4) is 0 Å². The van der Waals surface area contributed by atoms with E-state index < -0.39 is 0 Å². The highest BCUT2D eigenvalue weighted by atomic mass is 16.5.